The van der Waals surface area contributed by atoms with E-state index in [9.17, 15) is 4.79 Å². The number of nitrogens with one attached hydrogen (secondary N) is 2. The van der Waals surface area contributed by atoms with Crippen LogP contribution in [0.4, 0.5) is 11.5 Å². The maximum absolute atomic E-state index is 12.7. The van der Waals surface area contributed by atoms with Gasteiger partial charge in [0.25, 0.3) is 5.91 Å². The number of pyridine rings is 1. The fourth-order valence-electron chi connectivity index (χ4n) is 3.19. The van der Waals surface area contributed by atoms with Crippen molar-refractivity contribution in [2.24, 2.45) is 5.92 Å². The maximum Gasteiger partial charge on any atom is 0.253 e. The molecule has 1 saturated heterocycles. The second kappa shape index (κ2) is 9.59. The van der Waals surface area contributed by atoms with E-state index in [-0.39, 0.29) is 11.8 Å². The first-order valence-corrected chi connectivity index (χ1v) is 10.3. The lowest BCUT2D eigenvalue weighted by molar-refractivity contribution is 0.0642. The van der Waals surface area contributed by atoms with E-state index >= 15 is 0 Å². The third kappa shape index (κ3) is 5.37. The predicted octanol–water partition coefficient (Wildman–Crippen LogP) is 5.41. The normalized spacial score (nSPS) is 14.9. The average molecular weight is 422 g/mol. The van der Waals surface area contributed by atoms with Crippen molar-refractivity contribution in [3.8, 4) is 0 Å². The van der Waals surface area contributed by atoms with Gasteiger partial charge >= 0.3 is 0 Å². The van der Waals surface area contributed by atoms with Crippen LogP contribution in [0.1, 0.15) is 48.7 Å². The van der Waals surface area contributed by atoms with E-state index in [0.717, 1.165) is 31.7 Å². The van der Waals surface area contributed by atoms with Gasteiger partial charge in [0.1, 0.15) is 5.82 Å². The molecule has 2 N–H and O–H groups in total. The Kier molecular flexibility index (Phi) is 7.16. The van der Waals surface area contributed by atoms with Crippen LogP contribution in [0, 0.1) is 5.92 Å². The van der Waals surface area contributed by atoms with Gasteiger partial charge in [-0.1, -0.05) is 37.0 Å². The summed E-state index contributed by atoms with van der Waals surface area (Å²) in [5.41, 5.74) is 2.07. The maximum atomic E-state index is 12.7. The molecule has 1 aromatic carbocycles. The molecule has 0 atom stereocenters. The molecule has 1 aliphatic heterocycles. The van der Waals surface area contributed by atoms with Crippen LogP contribution in [-0.2, 0) is 4.74 Å². The topological polar surface area (TPSA) is 63.2 Å². The molecule has 3 rings (SSSR count). The Bertz CT molecular complexity index is 836. The summed E-state index contributed by atoms with van der Waals surface area (Å²) < 4.78 is 5.37. The van der Waals surface area contributed by atoms with E-state index in [1.54, 1.807) is 24.3 Å². The molecule has 0 bridgehead atoms. The molecular weight excluding hydrogens is 397 g/mol. The van der Waals surface area contributed by atoms with Crippen LogP contribution in [0.25, 0.3) is 0 Å². The smallest absolute Gasteiger partial charge is 0.253 e. The fraction of sp³-hybridized carbons (Fsp3) is 0.429. The van der Waals surface area contributed by atoms with Crippen LogP contribution in [0.3, 0.4) is 0 Å². The zero-order chi connectivity index (χ0) is 20.1. The second-order valence-electron chi connectivity index (χ2n) is 7.30. The number of anilines is 2. The monoisotopic (exact) mass is 421 g/mol. The minimum atomic E-state index is -0.0845. The minimum absolute atomic E-state index is 0.0845. The summed E-state index contributed by atoms with van der Waals surface area (Å²) in [6.07, 6.45) is 1.97. The van der Waals surface area contributed by atoms with Crippen LogP contribution in [0.2, 0.25) is 10.0 Å². The number of hydrogen-bond donors (Lipinski definition) is 2. The molecule has 28 heavy (non-hydrogen) atoms. The summed E-state index contributed by atoms with van der Waals surface area (Å²) in [4.78, 5) is 17.4. The Labute approximate surface area is 175 Å². The van der Waals surface area contributed by atoms with Gasteiger partial charge in [-0.2, -0.15) is 0 Å². The van der Waals surface area contributed by atoms with Gasteiger partial charge in [-0.25, -0.2) is 4.98 Å². The van der Waals surface area contributed by atoms with Crippen molar-refractivity contribution in [3.05, 3.63) is 51.6 Å². The fourth-order valence-corrected chi connectivity index (χ4v) is 3.64. The lowest BCUT2D eigenvalue weighted by atomic mass is 9.99. The molecule has 0 aliphatic carbocycles. The highest BCUT2D eigenvalue weighted by Gasteiger charge is 2.19. The number of carbonyl (C=O) groups is 1. The summed E-state index contributed by atoms with van der Waals surface area (Å²) in [5.74, 6) is 1.13. The van der Waals surface area contributed by atoms with Gasteiger partial charge in [0.2, 0.25) is 0 Å². The quantitative estimate of drug-likeness (QED) is 0.653. The number of amides is 1. The molecule has 0 saturated carbocycles. The van der Waals surface area contributed by atoms with Gasteiger partial charge in [-0.15, -0.1) is 0 Å². The van der Waals surface area contributed by atoms with Crippen LogP contribution >= 0.6 is 23.2 Å². The molecule has 1 aromatic heterocycles. The first-order chi connectivity index (χ1) is 13.4. The number of halogens is 2. The molecule has 2 heterocycles. The van der Waals surface area contributed by atoms with Crippen molar-refractivity contribution in [1.29, 1.82) is 0 Å². The minimum Gasteiger partial charge on any atom is -0.381 e. The molecule has 5 nitrogen and oxygen atoms in total. The zero-order valence-electron chi connectivity index (χ0n) is 16.1. The molecule has 2 aromatic rings. The highest BCUT2D eigenvalue weighted by Crippen LogP contribution is 2.29. The summed E-state index contributed by atoms with van der Waals surface area (Å²) in [6, 6.07) is 8.84. The summed E-state index contributed by atoms with van der Waals surface area (Å²) in [5, 5.41) is 7.34. The first-order valence-electron chi connectivity index (χ1n) is 9.53. The molecular formula is C21H25Cl2N3O2. The molecule has 0 unspecified atom stereocenters. The van der Waals surface area contributed by atoms with Gasteiger partial charge in [0, 0.05) is 24.8 Å². The van der Waals surface area contributed by atoms with Crippen molar-refractivity contribution < 1.29 is 9.53 Å². The molecule has 1 aliphatic rings. The van der Waals surface area contributed by atoms with E-state index < -0.39 is 0 Å². The number of rotatable bonds is 6. The number of nitrogens with zero attached hydrogens (tertiary/aromatic N) is 1. The Balaban J connectivity index is 1.73. The van der Waals surface area contributed by atoms with E-state index in [2.05, 4.69) is 15.6 Å². The van der Waals surface area contributed by atoms with Crippen molar-refractivity contribution >= 4 is 40.6 Å². The first kappa shape index (κ1) is 20.9. The zero-order valence-corrected chi connectivity index (χ0v) is 17.6. The van der Waals surface area contributed by atoms with Crippen molar-refractivity contribution in [2.75, 3.05) is 25.1 Å². The number of benzene rings is 1. The summed E-state index contributed by atoms with van der Waals surface area (Å²) in [7, 11) is 0. The summed E-state index contributed by atoms with van der Waals surface area (Å²) >= 11 is 12.2. The highest BCUT2D eigenvalue weighted by atomic mass is 35.5. The van der Waals surface area contributed by atoms with Crippen molar-refractivity contribution in [1.82, 2.24) is 10.3 Å². The predicted molar refractivity (Wildman–Crippen MR) is 114 cm³/mol. The van der Waals surface area contributed by atoms with Crippen LogP contribution < -0.4 is 10.6 Å². The molecule has 0 spiro atoms. The molecule has 1 fully saturated rings. The second-order valence-corrected chi connectivity index (χ2v) is 8.14. The van der Waals surface area contributed by atoms with E-state index in [1.165, 1.54) is 0 Å². The lowest BCUT2D eigenvalue weighted by Crippen LogP contribution is -2.33. The van der Waals surface area contributed by atoms with Crippen LogP contribution in [-0.4, -0.2) is 30.6 Å². The van der Waals surface area contributed by atoms with Gasteiger partial charge in [0.15, 0.2) is 0 Å². The van der Waals surface area contributed by atoms with E-state index in [0.29, 0.717) is 39.6 Å². The van der Waals surface area contributed by atoms with Gasteiger partial charge < -0.3 is 15.4 Å². The van der Waals surface area contributed by atoms with Gasteiger partial charge in [-0.05, 0) is 55.0 Å². The van der Waals surface area contributed by atoms with Gasteiger partial charge in [0.05, 0.1) is 22.0 Å². The molecule has 0 radical (unpaired) electrons. The van der Waals surface area contributed by atoms with Crippen molar-refractivity contribution in [2.45, 2.75) is 32.6 Å². The number of ether oxygens (including phenoxy) is 1. The largest absolute Gasteiger partial charge is 0.381 e. The standard InChI is InChI=1S/C21H25Cl2N3O2/c1-13(2)20-16(21(27)24-12-14-7-9-28-10-8-14)4-6-19(26-20)25-18-5-3-15(22)11-17(18)23/h3-6,11,13-14H,7-10,12H2,1-2H3,(H,24,27)(H,25,26). The Morgan fingerprint density at radius 1 is 1.21 bits per heavy atom. The molecule has 150 valence electrons. The third-order valence-corrected chi connectivity index (χ3v) is 5.35. The number of aromatic nitrogens is 1. The Hall–Kier alpha value is -1.82. The summed E-state index contributed by atoms with van der Waals surface area (Å²) in [6.45, 7) is 6.26. The molecule has 1 amide bonds. The highest BCUT2D eigenvalue weighted by molar-refractivity contribution is 6.36. The third-order valence-electron chi connectivity index (χ3n) is 4.80. The average Bonchev–Trinajstić information content (AvgIpc) is 2.69. The van der Waals surface area contributed by atoms with E-state index in [4.69, 9.17) is 27.9 Å². The number of hydrogen-bond acceptors (Lipinski definition) is 4. The molecule has 7 heteroatoms. The van der Waals surface area contributed by atoms with Crippen LogP contribution in [0.15, 0.2) is 30.3 Å². The SMILES string of the molecule is CC(C)c1nc(Nc2ccc(Cl)cc2Cl)ccc1C(=O)NCC1CCOCC1. The Morgan fingerprint density at radius 2 is 1.96 bits per heavy atom. The lowest BCUT2D eigenvalue weighted by Gasteiger charge is -2.22. The van der Waals surface area contributed by atoms with Crippen molar-refractivity contribution in [3.63, 3.8) is 0 Å². The van der Waals surface area contributed by atoms with Gasteiger partial charge in [-0.3, -0.25) is 4.79 Å². The Morgan fingerprint density at radius 3 is 2.64 bits per heavy atom. The van der Waals surface area contributed by atoms with Crippen LogP contribution in [0.5, 0.6) is 0 Å². The number of carbonyl (C=O) groups excluding carboxylic acids is 1. The van der Waals surface area contributed by atoms with E-state index in [1.807, 2.05) is 19.9 Å².